The fourth-order valence-corrected chi connectivity index (χ4v) is 3.59. The number of rotatable bonds is 4. The molecule has 0 spiro atoms. The van der Waals surface area contributed by atoms with Crippen LogP contribution in [0.15, 0.2) is 30.3 Å². The highest BCUT2D eigenvalue weighted by molar-refractivity contribution is 5.85. The smallest absolute Gasteiger partial charge is 0.252 e. The summed E-state index contributed by atoms with van der Waals surface area (Å²) in [4.78, 5) is 17.1. The third-order valence-corrected chi connectivity index (χ3v) is 4.89. The summed E-state index contributed by atoms with van der Waals surface area (Å²) in [5.41, 5.74) is 6.96. The number of ether oxygens (including phenoxy) is 1. The van der Waals surface area contributed by atoms with Crippen molar-refractivity contribution in [3.8, 4) is 0 Å². The first-order chi connectivity index (χ1) is 11.2. The van der Waals surface area contributed by atoms with Gasteiger partial charge in [0, 0.05) is 38.8 Å². The molecule has 0 radical (unpaired) electrons. The lowest BCUT2D eigenvalue weighted by molar-refractivity contribution is -0.147. The van der Waals surface area contributed by atoms with Crippen molar-refractivity contribution in [3.63, 3.8) is 0 Å². The summed E-state index contributed by atoms with van der Waals surface area (Å²) in [6.45, 7) is 6.18. The minimum absolute atomic E-state index is 0. The number of benzene rings is 1. The van der Waals surface area contributed by atoms with Crippen LogP contribution in [0.2, 0.25) is 0 Å². The Hall–Kier alpha value is -0.850. The molecule has 5 nitrogen and oxygen atoms in total. The van der Waals surface area contributed by atoms with E-state index in [9.17, 15) is 4.79 Å². The van der Waals surface area contributed by atoms with E-state index in [2.05, 4.69) is 36.1 Å². The highest BCUT2D eigenvalue weighted by atomic mass is 35.5. The number of carbonyl (C=O) groups excluding carboxylic acids is 1. The largest absolute Gasteiger partial charge is 0.364 e. The third kappa shape index (κ3) is 5.56. The Morgan fingerprint density at radius 3 is 2.52 bits per heavy atom. The Morgan fingerprint density at radius 1 is 1.20 bits per heavy atom. The molecule has 1 aromatic rings. The molecular formula is C18H29Cl2N3O2. The van der Waals surface area contributed by atoms with Crippen molar-refractivity contribution >= 4 is 30.7 Å². The summed E-state index contributed by atoms with van der Waals surface area (Å²) in [6, 6.07) is 10.7. The van der Waals surface area contributed by atoms with Crippen LogP contribution >= 0.6 is 24.8 Å². The molecule has 2 aliphatic rings. The monoisotopic (exact) mass is 389 g/mol. The van der Waals surface area contributed by atoms with Crippen molar-refractivity contribution in [2.75, 3.05) is 26.2 Å². The van der Waals surface area contributed by atoms with Crippen molar-refractivity contribution in [1.29, 1.82) is 0 Å². The topological polar surface area (TPSA) is 58.8 Å². The Labute approximate surface area is 162 Å². The summed E-state index contributed by atoms with van der Waals surface area (Å²) in [7, 11) is 0. The van der Waals surface area contributed by atoms with Gasteiger partial charge >= 0.3 is 0 Å². The lowest BCUT2D eigenvalue weighted by Gasteiger charge is -2.40. The summed E-state index contributed by atoms with van der Waals surface area (Å²) in [5, 5.41) is 0. The number of nitrogens with two attached hydrogens (primary N) is 1. The zero-order valence-electron chi connectivity index (χ0n) is 14.7. The molecule has 1 aromatic carbocycles. The number of hydrogen-bond donors (Lipinski definition) is 1. The van der Waals surface area contributed by atoms with Gasteiger partial charge < -0.3 is 15.4 Å². The summed E-state index contributed by atoms with van der Waals surface area (Å²) in [5.74, 6) is 0.146. The van der Waals surface area contributed by atoms with Gasteiger partial charge in [-0.15, -0.1) is 24.8 Å². The van der Waals surface area contributed by atoms with Crippen LogP contribution in [0.1, 0.15) is 25.3 Å². The summed E-state index contributed by atoms with van der Waals surface area (Å²) < 4.78 is 5.77. The molecule has 2 saturated heterocycles. The zero-order valence-corrected chi connectivity index (χ0v) is 16.3. The summed E-state index contributed by atoms with van der Waals surface area (Å²) >= 11 is 0. The highest BCUT2D eigenvalue weighted by Gasteiger charge is 2.36. The van der Waals surface area contributed by atoms with Gasteiger partial charge in [0.1, 0.15) is 6.10 Å². The molecule has 0 bridgehead atoms. The van der Waals surface area contributed by atoms with E-state index in [0.717, 1.165) is 39.0 Å². The van der Waals surface area contributed by atoms with E-state index in [0.29, 0.717) is 6.54 Å². The minimum Gasteiger partial charge on any atom is -0.364 e. The molecule has 0 unspecified atom stereocenters. The van der Waals surface area contributed by atoms with E-state index < -0.39 is 0 Å². The van der Waals surface area contributed by atoms with Crippen molar-refractivity contribution in [1.82, 2.24) is 9.80 Å². The molecule has 7 heteroatoms. The van der Waals surface area contributed by atoms with E-state index in [1.165, 1.54) is 5.56 Å². The fourth-order valence-electron chi connectivity index (χ4n) is 3.59. The van der Waals surface area contributed by atoms with Gasteiger partial charge in [-0.2, -0.15) is 0 Å². The van der Waals surface area contributed by atoms with Crippen molar-refractivity contribution in [3.05, 3.63) is 35.9 Å². The Morgan fingerprint density at radius 2 is 1.92 bits per heavy atom. The van der Waals surface area contributed by atoms with Gasteiger partial charge in [-0.3, -0.25) is 9.69 Å². The molecule has 2 heterocycles. The van der Waals surface area contributed by atoms with E-state index in [4.69, 9.17) is 10.5 Å². The van der Waals surface area contributed by atoms with E-state index in [-0.39, 0.29) is 49.0 Å². The first kappa shape index (κ1) is 22.2. The Bertz CT molecular complexity index is 532. The van der Waals surface area contributed by atoms with Crippen LogP contribution in [-0.2, 0) is 16.1 Å². The quantitative estimate of drug-likeness (QED) is 0.855. The average Bonchev–Trinajstić information content (AvgIpc) is 3.04. The van der Waals surface area contributed by atoms with Crippen LogP contribution in [0.3, 0.4) is 0 Å². The maximum absolute atomic E-state index is 12.7. The van der Waals surface area contributed by atoms with Gasteiger partial charge in [0.15, 0.2) is 0 Å². The van der Waals surface area contributed by atoms with Crippen LogP contribution < -0.4 is 5.73 Å². The second-order valence-corrected chi connectivity index (χ2v) is 6.66. The van der Waals surface area contributed by atoms with Crippen molar-refractivity contribution in [2.45, 2.75) is 44.6 Å². The molecule has 142 valence electrons. The van der Waals surface area contributed by atoms with Crippen LogP contribution in [0.5, 0.6) is 0 Å². The first-order valence-electron chi connectivity index (χ1n) is 8.59. The van der Waals surface area contributed by atoms with Gasteiger partial charge in [-0.05, 0) is 25.3 Å². The lowest BCUT2D eigenvalue weighted by atomic mass is 10.1. The van der Waals surface area contributed by atoms with Crippen LogP contribution in [0, 0.1) is 0 Å². The molecule has 2 fully saturated rings. The summed E-state index contributed by atoms with van der Waals surface area (Å²) in [6.07, 6.45) is 1.47. The number of nitrogens with zero attached hydrogens (tertiary/aromatic N) is 2. The second-order valence-electron chi connectivity index (χ2n) is 6.66. The first-order valence-corrected chi connectivity index (χ1v) is 8.59. The van der Waals surface area contributed by atoms with Gasteiger partial charge in [0.2, 0.25) is 0 Å². The molecule has 2 N–H and O–H groups in total. The number of piperazine rings is 1. The fraction of sp³-hybridized carbons (Fsp3) is 0.611. The van der Waals surface area contributed by atoms with Gasteiger partial charge in [0.25, 0.3) is 5.91 Å². The van der Waals surface area contributed by atoms with Crippen LogP contribution in [-0.4, -0.2) is 60.1 Å². The predicted molar refractivity (Wildman–Crippen MR) is 104 cm³/mol. The van der Waals surface area contributed by atoms with Gasteiger partial charge in [-0.25, -0.2) is 0 Å². The molecule has 0 aromatic heterocycles. The minimum atomic E-state index is -0.285. The lowest BCUT2D eigenvalue weighted by Crippen LogP contribution is -2.56. The molecule has 2 aliphatic heterocycles. The highest BCUT2D eigenvalue weighted by Crippen LogP contribution is 2.23. The molecule has 0 saturated carbocycles. The molecule has 1 amide bonds. The number of carbonyl (C=O) groups is 1. The second kappa shape index (κ2) is 10.3. The molecule has 25 heavy (non-hydrogen) atoms. The van der Waals surface area contributed by atoms with Crippen LogP contribution in [0.4, 0.5) is 0 Å². The SMILES string of the molecule is C[C@@H]1CN(Cc2ccccc2)CCN1C(=O)[C@@H]1CC[C@H](CN)O1.Cl.Cl. The van der Waals surface area contributed by atoms with Gasteiger partial charge in [-0.1, -0.05) is 30.3 Å². The molecular weight excluding hydrogens is 361 g/mol. The zero-order chi connectivity index (χ0) is 16.2. The van der Waals surface area contributed by atoms with Gasteiger partial charge in [0.05, 0.1) is 6.10 Å². The van der Waals surface area contributed by atoms with E-state index in [1.54, 1.807) is 0 Å². The van der Waals surface area contributed by atoms with Crippen LogP contribution in [0.25, 0.3) is 0 Å². The van der Waals surface area contributed by atoms with E-state index >= 15 is 0 Å². The normalized spacial score (nSPS) is 26.6. The predicted octanol–water partition coefficient (Wildman–Crippen LogP) is 2.07. The van der Waals surface area contributed by atoms with Crippen molar-refractivity contribution in [2.24, 2.45) is 5.73 Å². The van der Waals surface area contributed by atoms with Crippen molar-refractivity contribution < 1.29 is 9.53 Å². The molecule has 3 atom stereocenters. The maximum atomic E-state index is 12.7. The standard InChI is InChI=1S/C18H27N3O2.2ClH/c1-14-12-20(13-15-5-3-2-4-6-15)9-10-21(14)18(22)17-8-7-16(11-19)23-17;;/h2-6,14,16-17H,7-13,19H2,1H3;2*1H/t14-,16-,17+;;/m1../s1. The molecule has 0 aliphatic carbocycles. The Kier molecular flexibility index (Phi) is 9.17. The number of hydrogen-bond acceptors (Lipinski definition) is 4. The number of halogens is 2. The van der Waals surface area contributed by atoms with E-state index in [1.807, 2.05) is 11.0 Å². The third-order valence-electron chi connectivity index (χ3n) is 4.89. The molecule has 3 rings (SSSR count). The average molecular weight is 390 g/mol. The number of amides is 1. The Balaban J connectivity index is 0.00000156. The maximum Gasteiger partial charge on any atom is 0.252 e.